The molecule has 0 aliphatic rings. The molecule has 0 unspecified atom stereocenters. The molecule has 170 valence electrons. The molecule has 0 saturated heterocycles. The third-order valence-corrected chi connectivity index (χ3v) is 6.10. The van der Waals surface area contributed by atoms with Crippen molar-refractivity contribution in [3.8, 4) is 11.5 Å². The van der Waals surface area contributed by atoms with Crippen molar-refractivity contribution >= 4 is 55.8 Å². The van der Waals surface area contributed by atoms with Gasteiger partial charge in [0, 0.05) is 0 Å². The number of nitrogens with one attached hydrogen (secondary N) is 1. The van der Waals surface area contributed by atoms with Crippen LogP contribution < -0.4 is 10.1 Å². The number of hydrogen-bond acceptors (Lipinski definition) is 4. The van der Waals surface area contributed by atoms with Gasteiger partial charge < -0.3 is 4.74 Å². The number of hydrogen-bond donors (Lipinski definition) is 1. The fourth-order valence-corrected chi connectivity index (χ4v) is 4.34. The molecule has 1 aromatic heterocycles. The highest BCUT2D eigenvalue weighted by Gasteiger charge is 2.30. The molecule has 1 heterocycles. The van der Waals surface area contributed by atoms with E-state index in [0.29, 0.717) is 4.70 Å². The van der Waals surface area contributed by atoms with Gasteiger partial charge in [-0.25, -0.2) is 13.8 Å². The first-order chi connectivity index (χ1) is 15.5. The van der Waals surface area contributed by atoms with Gasteiger partial charge in [-0.05, 0) is 42.5 Å². The number of ether oxygens (including phenoxy) is 1. The molecule has 1 N–H and O–H groups in total. The van der Waals surface area contributed by atoms with E-state index in [1.165, 1.54) is 6.07 Å². The Hall–Kier alpha value is -2.95. The van der Waals surface area contributed by atoms with Crippen LogP contribution in [-0.2, 0) is 6.18 Å². The SMILES string of the molecule is O=C(Nc1nc2cc(Cl)c(Oc3ccc(C(F)(F)F)cc3)c(Cl)c2s1)c1c(F)cccc1F. The van der Waals surface area contributed by atoms with E-state index < -0.39 is 34.8 Å². The lowest BCUT2D eigenvalue weighted by Gasteiger charge is -2.11. The van der Waals surface area contributed by atoms with Gasteiger partial charge in [-0.2, -0.15) is 13.2 Å². The van der Waals surface area contributed by atoms with E-state index in [-0.39, 0.29) is 32.2 Å². The average Bonchev–Trinajstić information content (AvgIpc) is 3.13. The van der Waals surface area contributed by atoms with Gasteiger partial charge in [-0.15, -0.1) is 0 Å². The second kappa shape index (κ2) is 8.77. The average molecular weight is 519 g/mol. The van der Waals surface area contributed by atoms with Crippen LogP contribution in [0.4, 0.5) is 27.1 Å². The van der Waals surface area contributed by atoms with Gasteiger partial charge in [0.15, 0.2) is 10.9 Å². The summed E-state index contributed by atoms with van der Waals surface area (Å²) in [5.41, 5.74) is -1.36. The Morgan fingerprint density at radius 1 is 1.03 bits per heavy atom. The van der Waals surface area contributed by atoms with E-state index in [4.69, 9.17) is 27.9 Å². The van der Waals surface area contributed by atoms with Crippen LogP contribution in [0.15, 0.2) is 48.5 Å². The van der Waals surface area contributed by atoms with Gasteiger partial charge in [0.1, 0.15) is 28.0 Å². The Labute approximate surface area is 196 Å². The summed E-state index contributed by atoms with van der Waals surface area (Å²) in [7, 11) is 0. The maximum atomic E-state index is 13.8. The summed E-state index contributed by atoms with van der Waals surface area (Å²) in [5.74, 6) is -3.11. The quantitative estimate of drug-likeness (QED) is 0.279. The number of alkyl halides is 3. The smallest absolute Gasteiger partial charge is 0.416 e. The van der Waals surface area contributed by atoms with Crippen LogP contribution >= 0.6 is 34.5 Å². The van der Waals surface area contributed by atoms with Gasteiger partial charge in [0.2, 0.25) is 0 Å². The van der Waals surface area contributed by atoms with Crippen LogP contribution in [0.3, 0.4) is 0 Å². The first kappa shape index (κ1) is 23.2. The molecular weight excluding hydrogens is 510 g/mol. The zero-order valence-corrected chi connectivity index (χ0v) is 18.3. The summed E-state index contributed by atoms with van der Waals surface area (Å²) in [4.78, 5) is 16.4. The molecule has 1 amide bonds. The number of aromatic nitrogens is 1. The maximum Gasteiger partial charge on any atom is 0.416 e. The van der Waals surface area contributed by atoms with E-state index in [1.54, 1.807) is 0 Å². The Bertz CT molecular complexity index is 1350. The standard InChI is InChI=1S/C21H9Cl2F5N2O2S/c22-11-8-14-18(16(23)17(11)32-10-6-4-9(5-7-10)21(26,27)28)33-20(29-14)30-19(31)15-12(24)2-1-3-13(15)25/h1-8H,(H,29,30,31). The number of anilines is 1. The number of thiazole rings is 1. The molecule has 4 nitrogen and oxygen atoms in total. The Balaban J connectivity index is 1.63. The Kier molecular flexibility index (Phi) is 6.17. The molecule has 0 radical (unpaired) electrons. The zero-order valence-electron chi connectivity index (χ0n) is 15.9. The summed E-state index contributed by atoms with van der Waals surface area (Å²) in [6.45, 7) is 0. The second-order valence-corrected chi connectivity index (χ2v) is 8.33. The minimum absolute atomic E-state index is 0.00697. The fourth-order valence-electron chi connectivity index (χ4n) is 2.83. The second-order valence-electron chi connectivity index (χ2n) is 6.54. The van der Waals surface area contributed by atoms with Crippen LogP contribution in [-0.4, -0.2) is 10.9 Å². The molecule has 3 aromatic carbocycles. The highest BCUT2D eigenvalue weighted by molar-refractivity contribution is 7.23. The number of carbonyl (C=O) groups excluding carboxylic acids is 1. The molecule has 0 spiro atoms. The molecule has 0 aliphatic heterocycles. The van der Waals surface area contributed by atoms with Gasteiger partial charge in [-0.1, -0.05) is 40.6 Å². The van der Waals surface area contributed by atoms with Crippen molar-refractivity contribution in [2.75, 3.05) is 5.32 Å². The third-order valence-electron chi connectivity index (χ3n) is 4.34. The van der Waals surface area contributed by atoms with E-state index >= 15 is 0 Å². The Morgan fingerprint density at radius 2 is 1.67 bits per heavy atom. The van der Waals surface area contributed by atoms with Crippen molar-refractivity contribution in [2.45, 2.75) is 6.18 Å². The molecule has 0 atom stereocenters. The molecule has 33 heavy (non-hydrogen) atoms. The maximum absolute atomic E-state index is 13.8. The molecule has 0 saturated carbocycles. The van der Waals surface area contributed by atoms with Crippen LogP contribution in [0.25, 0.3) is 10.2 Å². The largest absolute Gasteiger partial charge is 0.454 e. The highest BCUT2D eigenvalue weighted by atomic mass is 35.5. The van der Waals surface area contributed by atoms with Crippen molar-refractivity contribution in [3.63, 3.8) is 0 Å². The highest BCUT2D eigenvalue weighted by Crippen LogP contribution is 2.44. The molecule has 0 bridgehead atoms. The molecule has 4 rings (SSSR count). The Morgan fingerprint density at radius 3 is 2.27 bits per heavy atom. The minimum atomic E-state index is -4.50. The summed E-state index contributed by atoms with van der Waals surface area (Å²) in [6.07, 6.45) is -4.50. The summed E-state index contributed by atoms with van der Waals surface area (Å²) >= 11 is 13.5. The summed E-state index contributed by atoms with van der Waals surface area (Å²) in [6, 6.07) is 8.30. The summed E-state index contributed by atoms with van der Waals surface area (Å²) in [5, 5.41) is 2.30. The van der Waals surface area contributed by atoms with Crippen molar-refractivity contribution in [1.82, 2.24) is 4.98 Å². The molecule has 12 heteroatoms. The minimum Gasteiger partial charge on any atom is -0.454 e. The van der Waals surface area contributed by atoms with Crippen molar-refractivity contribution in [2.24, 2.45) is 0 Å². The van der Waals surface area contributed by atoms with Crippen molar-refractivity contribution < 1.29 is 31.5 Å². The van der Waals surface area contributed by atoms with Crippen LogP contribution in [0.2, 0.25) is 10.0 Å². The van der Waals surface area contributed by atoms with E-state index in [1.807, 2.05) is 0 Å². The third kappa shape index (κ3) is 4.73. The van der Waals surface area contributed by atoms with Crippen LogP contribution in [0.1, 0.15) is 15.9 Å². The number of rotatable bonds is 4. The van der Waals surface area contributed by atoms with E-state index in [2.05, 4.69) is 10.3 Å². The lowest BCUT2D eigenvalue weighted by molar-refractivity contribution is -0.137. The number of nitrogens with zero attached hydrogens (tertiary/aromatic N) is 1. The van der Waals surface area contributed by atoms with Gasteiger partial charge >= 0.3 is 6.18 Å². The fraction of sp³-hybridized carbons (Fsp3) is 0.0476. The van der Waals surface area contributed by atoms with E-state index in [9.17, 15) is 26.7 Å². The lowest BCUT2D eigenvalue weighted by Crippen LogP contribution is -2.15. The molecule has 4 aromatic rings. The predicted molar refractivity (Wildman–Crippen MR) is 115 cm³/mol. The monoisotopic (exact) mass is 518 g/mol. The molecular formula is C21H9Cl2F5N2O2S. The first-order valence-corrected chi connectivity index (χ1v) is 10.5. The van der Waals surface area contributed by atoms with Crippen molar-refractivity contribution in [3.05, 3.63) is 81.3 Å². The zero-order chi connectivity index (χ0) is 23.9. The number of carbonyl (C=O) groups is 1. The van der Waals surface area contributed by atoms with Crippen LogP contribution in [0, 0.1) is 11.6 Å². The normalized spacial score (nSPS) is 11.6. The number of benzene rings is 3. The van der Waals surface area contributed by atoms with Gasteiger partial charge in [-0.3, -0.25) is 10.1 Å². The molecule has 0 aliphatic carbocycles. The number of halogens is 7. The number of fused-ring (bicyclic) bond motifs is 1. The van der Waals surface area contributed by atoms with E-state index in [0.717, 1.165) is 53.8 Å². The van der Waals surface area contributed by atoms with Crippen molar-refractivity contribution in [1.29, 1.82) is 0 Å². The van der Waals surface area contributed by atoms with Gasteiger partial charge in [0.05, 0.1) is 20.8 Å². The predicted octanol–water partition coefficient (Wildman–Crippen LogP) is 7.94. The first-order valence-electron chi connectivity index (χ1n) is 8.93. The summed E-state index contributed by atoms with van der Waals surface area (Å²) < 4.78 is 71.8. The molecule has 0 fully saturated rings. The lowest BCUT2D eigenvalue weighted by atomic mass is 10.2. The number of amides is 1. The van der Waals surface area contributed by atoms with Crippen LogP contribution in [0.5, 0.6) is 11.5 Å². The topological polar surface area (TPSA) is 51.2 Å². The van der Waals surface area contributed by atoms with Gasteiger partial charge in [0.25, 0.3) is 5.91 Å².